The number of aryl methyl sites for hydroxylation is 1. The largest absolute Gasteiger partial charge is 0.332 e. The molecule has 0 spiro atoms. The van der Waals surface area contributed by atoms with Crippen molar-refractivity contribution < 1.29 is 9.59 Å². The minimum absolute atomic E-state index is 0.00765. The highest BCUT2D eigenvalue weighted by Crippen LogP contribution is 2.40. The van der Waals surface area contributed by atoms with Crippen LogP contribution in [0, 0.1) is 0 Å². The number of nitrogens with zero attached hydrogens (tertiary/aromatic N) is 2. The number of para-hydroxylation sites is 2. The Morgan fingerprint density at radius 1 is 1.10 bits per heavy atom. The topological polar surface area (TPSA) is 62.3 Å². The molecule has 0 aliphatic heterocycles. The maximum Gasteiger partial charge on any atom is 0.254 e. The Hall–Kier alpha value is -3.21. The molecule has 0 atom stereocenters. The quantitative estimate of drug-likeness (QED) is 0.682. The molecule has 29 heavy (non-hydrogen) atoms. The van der Waals surface area contributed by atoms with Crippen molar-refractivity contribution >= 4 is 28.4 Å². The fourth-order valence-electron chi connectivity index (χ4n) is 3.59. The smallest absolute Gasteiger partial charge is 0.254 e. The van der Waals surface area contributed by atoms with E-state index in [2.05, 4.69) is 5.32 Å². The van der Waals surface area contributed by atoms with Gasteiger partial charge < -0.3 is 10.2 Å². The third kappa shape index (κ3) is 4.14. The Kier molecular flexibility index (Phi) is 5.30. The van der Waals surface area contributed by atoms with E-state index in [-0.39, 0.29) is 18.4 Å². The van der Waals surface area contributed by atoms with Crippen LogP contribution in [0.4, 0.5) is 5.69 Å². The van der Waals surface area contributed by atoms with E-state index in [1.165, 1.54) is 4.90 Å². The van der Waals surface area contributed by atoms with Gasteiger partial charge in [-0.15, -0.1) is 0 Å². The molecular weight excluding hydrogens is 362 g/mol. The third-order valence-corrected chi connectivity index (χ3v) is 5.36. The number of rotatable bonds is 6. The van der Waals surface area contributed by atoms with E-state index in [1.54, 1.807) is 7.05 Å². The summed E-state index contributed by atoms with van der Waals surface area (Å²) < 4.78 is 0. The van der Waals surface area contributed by atoms with E-state index in [1.807, 2.05) is 61.5 Å². The SMILES string of the molecule is CCc1ccccc1NC(=O)CN(C)C(=O)c1cc(C2CC2)nc2ccccc12. The fourth-order valence-corrected chi connectivity index (χ4v) is 3.59. The molecule has 5 nitrogen and oxygen atoms in total. The molecule has 0 bridgehead atoms. The van der Waals surface area contributed by atoms with Crippen LogP contribution in [0.2, 0.25) is 0 Å². The standard InChI is InChI=1S/C24H25N3O2/c1-3-16-8-4-6-10-20(16)26-23(28)15-27(2)24(29)19-14-22(17-12-13-17)25-21-11-7-5-9-18(19)21/h4-11,14,17H,3,12-13,15H2,1-2H3,(H,26,28). The number of likely N-dealkylation sites (N-methyl/N-ethyl adjacent to an activating group) is 1. The zero-order chi connectivity index (χ0) is 20.4. The molecule has 4 rings (SSSR count). The van der Waals surface area contributed by atoms with Crippen LogP contribution in [-0.2, 0) is 11.2 Å². The summed E-state index contributed by atoms with van der Waals surface area (Å²) in [6, 6.07) is 17.3. The number of carbonyl (C=O) groups is 2. The summed E-state index contributed by atoms with van der Waals surface area (Å²) in [5, 5.41) is 3.75. The van der Waals surface area contributed by atoms with Crippen LogP contribution >= 0.6 is 0 Å². The zero-order valence-corrected chi connectivity index (χ0v) is 16.8. The van der Waals surface area contributed by atoms with Gasteiger partial charge in [-0.05, 0) is 43.0 Å². The number of hydrogen-bond acceptors (Lipinski definition) is 3. The number of nitrogens with one attached hydrogen (secondary N) is 1. The highest BCUT2D eigenvalue weighted by Gasteiger charge is 2.27. The first-order valence-corrected chi connectivity index (χ1v) is 10.1. The molecule has 1 aliphatic carbocycles. The summed E-state index contributed by atoms with van der Waals surface area (Å²) in [5.74, 6) is 0.0808. The van der Waals surface area contributed by atoms with Crippen LogP contribution in [0.3, 0.4) is 0 Å². The Bertz CT molecular complexity index is 1070. The summed E-state index contributed by atoms with van der Waals surface area (Å²) in [6.45, 7) is 2.04. The maximum absolute atomic E-state index is 13.2. The van der Waals surface area contributed by atoms with Gasteiger partial charge in [0.15, 0.2) is 0 Å². The number of aromatic nitrogens is 1. The molecule has 5 heteroatoms. The van der Waals surface area contributed by atoms with Gasteiger partial charge in [-0.25, -0.2) is 0 Å². The first kappa shape index (κ1) is 19.1. The zero-order valence-electron chi connectivity index (χ0n) is 16.8. The number of carbonyl (C=O) groups excluding carboxylic acids is 2. The molecule has 1 aromatic heterocycles. The second-order valence-electron chi connectivity index (χ2n) is 7.61. The normalized spacial score (nSPS) is 13.3. The second kappa shape index (κ2) is 8.03. The van der Waals surface area contributed by atoms with E-state index in [0.717, 1.165) is 47.1 Å². The van der Waals surface area contributed by atoms with Crippen LogP contribution in [0.25, 0.3) is 10.9 Å². The predicted octanol–water partition coefficient (Wildman–Crippen LogP) is 4.39. The second-order valence-corrected chi connectivity index (χ2v) is 7.61. The number of amides is 2. The van der Waals surface area contributed by atoms with Gasteiger partial charge in [0.05, 0.1) is 17.6 Å². The van der Waals surface area contributed by atoms with Crippen LogP contribution in [0.1, 0.15) is 47.3 Å². The van der Waals surface area contributed by atoms with Crippen LogP contribution < -0.4 is 5.32 Å². The lowest BCUT2D eigenvalue weighted by atomic mass is 10.0. The van der Waals surface area contributed by atoms with Crippen molar-refractivity contribution in [2.75, 3.05) is 18.9 Å². The molecule has 1 fully saturated rings. The highest BCUT2D eigenvalue weighted by atomic mass is 16.2. The van der Waals surface area contributed by atoms with Crippen molar-refractivity contribution in [1.29, 1.82) is 0 Å². The third-order valence-electron chi connectivity index (χ3n) is 5.36. The van der Waals surface area contributed by atoms with E-state index < -0.39 is 0 Å². The molecular formula is C24H25N3O2. The molecule has 0 unspecified atom stereocenters. The van der Waals surface area contributed by atoms with Crippen LogP contribution in [-0.4, -0.2) is 35.3 Å². The van der Waals surface area contributed by atoms with Gasteiger partial charge in [0.2, 0.25) is 5.91 Å². The van der Waals surface area contributed by atoms with Gasteiger partial charge in [0.25, 0.3) is 5.91 Å². The number of anilines is 1. The van der Waals surface area contributed by atoms with E-state index >= 15 is 0 Å². The Morgan fingerprint density at radius 2 is 1.83 bits per heavy atom. The number of benzene rings is 2. The van der Waals surface area contributed by atoms with Gasteiger partial charge in [-0.1, -0.05) is 43.3 Å². The minimum Gasteiger partial charge on any atom is -0.332 e. The van der Waals surface area contributed by atoms with E-state index in [4.69, 9.17) is 4.98 Å². The lowest BCUT2D eigenvalue weighted by molar-refractivity contribution is -0.116. The molecule has 1 N–H and O–H groups in total. The van der Waals surface area contributed by atoms with E-state index in [0.29, 0.717) is 11.5 Å². The van der Waals surface area contributed by atoms with Crippen molar-refractivity contribution in [3.63, 3.8) is 0 Å². The van der Waals surface area contributed by atoms with Crippen molar-refractivity contribution in [3.8, 4) is 0 Å². The van der Waals surface area contributed by atoms with Gasteiger partial charge in [-0.2, -0.15) is 0 Å². The highest BCUT2D eigenvalue weighted by molar-refractivity contribution is 6.07. The molecule has 3 aromatic rings. The van der Waals surface area contributed by atoms with Gasteiger partial charge in [0.1, 0.15) is 0 Å². The maximum atomic E-state index is 13.2. The fraction of sp³-hybridized carbons (Fsp3) is 0.292. The molecule has 1 saturated carbocycles. The Balaban J connectivity index is 1.54. The summed E-state index contributed by atoms with van der Waals surface area (Å²) >= 11 is 0. The molecule has 1 heterocycles. The van der Waals surface area contributed by atoms with Crippen LogP contribution in [0.5, 0.6) is 0 Å². The molecule has 148 valence electrons. The van der Waals surface area contributed by atoms with Crippen molar-refractivity contribution in [2.45, 2.75) is 32.1 Å². The van der Waals surface area contributed by atoms with Gasteiger partial charge >= 0.3 is 0 Å². The first-order chi connectivity index (χ1) is 14.1. The number of hydrogen-bond donors (Lipinski definition) is 1. The molecule has 2 aromatic carbocycles. The van der Waals surface area contributed by atoms with Crippen molar-refractivity contribution in [1.82, 2.24) is 9.88 Å². The number of pyridine rings is 1. The summed E-state index contributed by atoms with van der Waals surface area (Å²) in [5.41, 5.74) is 4.29. The molecule has 1 aliphatic rings. The predicted molar refractivity (Wildman–Crippen MR) is 115 cm³/mol. The molecule has 0 radical (unpaired) electrons. The Morgan fingerprint density at radius 3 is 2.59 bits per heavy atom. The lowest BCUT2D eigenvalue weighted by Gasteiger charge is -2.19. The summed E-state index contributed by atoms with van der Waals surface area (Å²) in [7, 11) is 1.67. The molecule has 0 saturated heterocycles. The van der Waals surface area contributed by atoms with Gasteiger partial charge in [0, 0.05) is 29.7 Å². The average molecular weight is 387 g/mol. The average Bonchev–Trinajstić information content (AvgIpc) is 3.58. The molecule has 2 amide bonds. The number of fused-ring (bicyclic) bond motifs is 1. The minimum atomic E-state index is -0.206. The van der Waals surface area contributed by atoms with Gasteiger partial charge in [-0.3, -0.25) is 14.6 Å². The summed E-state index contributed by atoms with van der Waals surface area (Å²) in [6.07, 6.45) is 3.07. The van der Waals surface area contributed by atoms with E-state index in [9.17, 15) is 9.59 Å². The van der Waals surface area contributed by atoms with Crippen molar-refractivity contribution in [2.24, 2.45) is 0 Å². The van der Waals surface area contributed by atoms with Crippen molar-refractivity contribution in [3.05, 3.63) is 71.4 Å². The lowest BCUT2D eigenvalue weighted by Crippen LogP contribution is -2.35. The monoisotopic (exact) mass is 387 g/mol. The Labute approximate surface area is 170 Å². The first-order valence-electron chi connectivity index (χ1n) is 10.1. The van der Waals surface area contributed by atoms with Crippen LogP contribution in [0.15, 0.2) is 54.6 Å². The summed E-state index contributed by atoms with van der Waals surface area (Å²) in [4.78, 5) is 31.9.